The van der Waals surface area contributed by atoms with E-state index >= 15 is 0 Å². The molecule has 0 aliphatic carbocycles. The second-order valence-corrected chi connectivity index (χ2v) is 6.00. The lowest BCUT2D eigenvalue weighted by molar-refractivity contribution is -0.168. The van der Waals surface area contributed by atoms with E-state index in [1.165, 1.54) is 6.07 Å². The lowest BCUT2D eigenvalue weighted by atomic mass is 10.1. The average Bonchev–Trinajstić information content (AvgIpc) is 2.68. The van der Waals surface area contributed by atoms with Crippen LogP contribution >= 0.6 is 0 Å². The third-order valence-corrected chi connectivity index (χ3v) is 3.98. The molecule has 3 rings (SSSR count). The zero-order chi connectivity index (χ0) is 18.4. The van der Waals surface area contributed by atoms with Crippen LogP contribution in [0.2, 0.25) is 0 Å². The summed E-state index contributed by atoms with van der Waals surface area (Å²) in [6.07, 6.45) is 6.10. The molecule has 1 aromatic heterocycles. The van der Waals surface area contributed by atoms with Gasteiger partial charge >= 0.3 is 0 Å². The predicted molar refractivity (Wildman–Crippen MR) is 95.1 cm³/mol. The normalized spacial score (nSPS) is 20.0. The Morgan fingerprint density at radius 1 is 1.15 bits per heavy atom. The highest BCUT2D eigenvalue weighted by atomic mass is 19.2. The lowest BCUT2D eigenvalue weighted by Gasteiger charge is -2.25. The Kier molecular flexibility index (Phi) is 6.11. The SMILES string of the molecule is CC=CCC1COC(C#Cc2ccc(-c3ccc(F)c(F)c3)nc2)OC1. The highest BCUT2D eigenvalue weighted by molar-refractivity contribution is 5.59. The summed E-state index contributed by atoms with van der Waals surface area (Å²) in [5, 5.41) is 0. The van der Waals surface area contributed by atoms with Crippen LogP contribution in [-0.2, 0) is 9.47 Å². The van der Waals surface area contributed by atoms with Gasteiger partial charge in [0.25, 0.3) is 0 Å². The van der Waals surface area contributed by atoms with E-state index < -0.39 is 17.9 Å². The van der Waals surface area contributed by atoms with Crippen molar-refractivity contribution in [3.8, 4) is 23.1 Å². The van der Waals surface area contributed by atoms with Gasteiger partial charge < -0.3 is 9.47 Å². The van der Waals surface area contributed by atoms with Crippen LogP contribution in [0, 0.1) is 29.4 Å². The second-order valence-electron chi connectivity index (χ2n) is 6.00. The molecular formula is C21H19F2NO2. The molecule has 0 radical (unpaired) electrons. The van der Waals surface area contributed by atoms with Crippen LogP contribution in [0.1, 0.15) is 18.9 Å². The quantitative estimate of drug-likeness (QED) is 0.606. The van der Waals surface area contributed by atoms with Gasteiger partial charge in [0.15, 0.2) is 11.6 Å². The van der Waals surface area contributed by atoms with Crippen molar-refractivity contribution in [3.63, 3.8) is 0 Å². The molecule has 26 heavy (non-hydrogen) atoms. The van der Waals surface area contributed by atoms with Gasteiger partial charge in [0, 0.05) is 23.2 Å². The Morgan fingerprint density at radius 3 is 2.62 bits per heavy atom. The number of halogens is 2. The van der Waals surface area contributed by atoms with E-state index in [1.807, 2.05) is 13.0 Å². The van der Waals surface area contributed by atoms with E-state index in [0.717, 1.165) is 18.6 Å². The number of hydrogen-bond acceptors (Lipinski definition) is 3. The van der Waals surface area contributed by atoms with Gasteiger partial charge in [-0.05, 0) is 49.6 Å². The minimum absolute atomic E-state index is 0.362. The van der Waals surface area contributed by atoms with Crippen LogP contribution in [-0.4, -0.2) is 24.5 Å². The van der Waals surface area contributed by atoms with Crippen LogP contribution in [0.5, 0.6) is 0 Å². The molecule has 1 aliphatic rings. The van der Waals surface area contributed by atoms with Crippen LogP contribution in [0.4, 0.5) is 8.78 Å². The minimum Gasteiger partial charge on any atom is -0.342 e. The maximum Gasteiger partial charge on any atom is 0.222 e. The average molecular weight is 355 g/mol. The maximum atomic E-state index is 13.3. The monoisotopic (exact) mass is 355 g/mol. The zero-order valence-corrected chi connectivity index (χ0v) is 14.4. The van der Waals surface area contributed by atoms with Gasteiger partial charge in [0.1, 0.15) is 0 Å². The van der Waals surface area contributed by atoms with Crippen LogP contribution in [0.25, 0.3) is 11.3 Å². The van der Waals surface area contributed by atoms with Crippen molar-refractivity contribution in [3.05, 3.63) is 65.9 Å². The summed E-state index contributed by atoms with van der Waals surface area (Å²) in [7, 11) is 0. The number of nitrogens with zero attached hydrogens (tertiary/aromatic N) is 1. The fourth-order valence-electron chi connectivity index (χ4n) is 2.53. The summed E-state index contributed by atoms with van der Waals surface area (Å²) in [5.74, 6) is 4.48. The topological polar surface area (TPSA) is 31.4 Å². The van der Waals surface area contributed by atoms with Crippen LogP contribution in [0.3, 0.4) is 0 Å². The molecule has 0 N–H and O–H groups in total. The third-order valence-electron chi connectivity index (χ3n) is 3.98. The number of pyridine rings is 1. The fourth-order valence-corrected chi connectivity index (χ4v) is 2.53. The Hall–Kier alpha value is -2.55. The van der Waals surface area contributed by atoms with Gasteiger partial charge in [-0.1, -0.05) is 18.1 Å². The molecule has 0 bridgehead atoms. The van der Waals surface area contributed by atoms with E-state index in [1.54, 1.807) is 18.3 Å². The largest absolute Gasteiger partial charge is 0.342 e. The lowest BCUT2D eigenvalue weighted by Crippen LogP contribution is -2.30. The molecule has 1 saturated heterocycles. The molecule has 0 unspecified atom stereocenters. The van der Waals surface area contributed by atoms with Crippen molar-refractivity contribution in [2.24, 2.45) is 5.92 Å². The molecule has 1 fully saturated rings. The Bertz CT molecular complexity index is 829. The van der Waals surface area contributed by atoms with Gasteiger partial charge in [-0.2, -0.15) is 0 Å². The highest BCUT2D eigenvalue weighted by Crippen LogP contribution is 2.20. The van der Waals surface area contributed by atoms with E-state index in [-0.39, 0.29) is 0 Å². The van der Waals surface area contributed by atoms with Gasteiger partial charge in [0.2, 0.25) is 6.29 Å². The zero-order valence-electron chi connectivity index (χ0n) is 14.4. The summed E-state index contributed by atoms with van der Waals surface area (Å²) < 4.78 is 37.5. The molecule has 2 heterocycles. The van der Waals surface area contributed by atoms with Gasteiger partial charge in [-0.15, -0.1) is 0 Å². The van der Waals surface area contributed by atoms with Crippen molar-refractivity contribution in [1.29, 1.82) is 0 Å². The van der Waals surface area contributed by atoms with Crippen LogP contribution < -0.4 is 0 Å². The number of hydrogen-bond donors (Lipinski definition) is 0. The van der Waals surface area contributed by atoms with Gasteiger partial charge in [-0.3, -0.25) is 4.98 Å². The first kappa shape index (κ1) is 18.2. The molecule has 1 aliphatic heterocycles. The molecule has 1 aromatic carbocycles. The smallest absolute Gasteiger partial charge is 0.222 e. The van der Waals surface area contributed by atoms with Crippen molar-refractivity contribution >= 4 is 0 Å². The fraction of sp³-hybridized carbons (Fsp3) is 0.286. The molecule has 0 amide bonds. The first-order chi connectivity index (χ1) is 12.7. The summed E-state index contributed by atoms with van der Waals surface area (Å²) in [5.41, 5.74) is 1.75. The van der Waals surface area contributed by atoms with Crippen molar-refractivity contribution < 1.29 is 18.3 Å². The Labute approximate surface area is 151 Å². The standard InChI is InChI=1S/C21H19F2NO2/c1-2-3-4-16-13-25-21(26-14-16)10-6-15-5-9-20(24-12-15)17-7-8-18(22)19(23)11-17/h2-3,5,7-9,11-12,16,21H,4,13-14H2,1H3. The Morgan fingerprint density at radius 2 is 1.96 bits per heavy atom. The molecular weight excluding hydrogens is 336 g/mol. The molecule has 5 heteroatoms. The maximum absolute atomic E-state index is 13.3. The molecule has 0 saturated carbocycles. The highest BCUT2D eigenvalue weighted by Gasteiger charge is 2.19. The van der Waals surface area contributed by atoms with Gasteiger partial charge in [-0.25, -0.2) is 8.78 Å². The van der Waals surface area contributed by atoms with Crippen molar-refractivity contribution in [2.45, 2.75) is 19.6 Å². The number of allylic oxidation sites excluding steroid dienone is 2. The molecule has 134 valence electrons. The summed E-state index contributed by atoms with van der Waals surface area (Å²) in [6, 6.07) is 7.18. The first-order valence-electron chi connectivity index (χ1n) is 8.43. The molecule has 2 aromatic rings. The summed E-state index contributed by atoms with van der Waals surface area (Å²) >= 11 is 0. The predicted octanol–water partition coefficient (Wildman–Crippen LogP) is 4.33. The summed E-state index contributed by atoms with van der Waals surface area (Å²) in [6.45, 7) is 3.23. The Balaban J connectivity index is 1.60. The van der Waals surface area contributed by atoms with Crippen LogP contribution in [0.15, 0.2) is 48.7 Å². The second kappa shape index (κ2) is 8.70. The van der Waals surface area contributed by atoms with Crippen molar-refractivity contribution in [2.75, 3.05) is 13.2 Å². The number of aromatic nitrogens is 1. The first-order valence-corrected chi connectivity index (χ1v) is 8.43. The molecule has 0 spiro atoms. The molecule has 3 nitrogen and oxygen atoms in total. The molecule has 0 atom stereocenters. The number of rotatable bonds is 3. The third kappa shape index (κ3) is 4.75. The summed E-state index contributed by atoms with van der Waals surface area (Å²) in [4.78, 5) is 4.25. The van der Waals surface area contributed by atoms with E-state index in [2.05, 4.69) is 22.9 Å². The number of benzene rings is 1. The van der Waals surface area contributed by atoms with Crippen molar-refractivity contribution in [1.82, 2.24) is 4.98 Å². The van der Waals surface area contributed by atoms with E-state index in [9.17, 15) is 8.78 Å². The van der Waals surface area contributed by atoms with E-state index in [4.69, 9.17) is 9.47 Å². The minimum atomic E-state index is -0.896. The number of ether oxygens (including phenoxy) is 2. The van der Waals surface area contributed by atoms with E-state index in [0.29, 0.717) is 36.0 Å². The van der Waals surface area contributed by atoms with Gasteiger partial charge in [0.05, 0.1) is 18.9 Å².